The van der Waals surface area contributed by atoms with E-state index in [-0.39, 0.29) is 11.9 Å². The van der Waals surface area contributed by atoms with Crippen molar-refractivity contribution in [3.8, 4) is 0 Å². The van der Waals surface area contributed by atoms with Crippen LogP contribution < -0.4 is 5.32 Å². The van der Waals surface area contributed by atoms with Gasteiger partial charge in [-0.3, -0.25) is 4.98 Å². The highest BCUT2D eigenvalue weighted by Gasteiger charge is 2.35. The molecule has 1 N–H and O–H groups in total. The quantitative estimate of drug-likeness (QED) is 0.753. The van der Waals surface area contributed by atoms with Gasteiger partial charge in [-0.25, -0.2) is 9.78 Å². The number of benzene rings is 1. The zero-order valence-corrected chi connectivity index (χ0v) is 16.5. The van der Waals surface area contributed by atoms with Gasteiger partial charge >= 0.3 is 6.03 Å². The maximum Gasteiger partial charge on any atom is 0.321 e. The maximum absolute atomic E-state index is 12.6. The Balaban J connectivity index is 1.41. The van der Waals surface area contributed by atoms with Crippen LogP contribution in [0.4, 0.5) is 10.5 Å². The van der Waals surface area contributed by atoms with Crippen LogP contribution in [0.1, 0.15) is 34.1 Å². The lowest BCUT2D eigenvalue weighted by Crippen LogP contribution is -2.51. The van der Waals surface area contributed by atoms with Crippen molar-refractivity contribution in [2.45, 2.75) is 33.2 Å². The molecule has 6 heteroatoms. The standard InChI is InChI=1S/C22H25N5O/c1-15-4-5-16(2)20(10-15)25-22(28)26-13-19(14-26)21-24-11-17(3)27(21)12-18-6-8-23-9-7-18/h4-11,19H,12-14H2,1-3H3,(H,25,28). The van der Waals surface area contributed by atoms with E-state index in [0.29, 0.717) is 13.1 Å². The first-order chi connectivity index (χ1) is 13.5. The topological polar surface area (TPSA) is 63.1 Å². The zero-order chi connectivity index (χ0) is 19.7. The van der Waals surface area contributed by atoms with Crippen LogP contribution in [0.2, 0.25) is 0 Å². The van der Waals surface area contributed by atoms with Crippen LogP contribution in [0.3, 0.4) is 0 Å². The van der Waals surface area contributed by atoms with Gasteiger partial charge in [0.15, 0.2) is 0 Å². The van der Waals surface area contributed by atoms with Crippen LogP contribution in [0.15, 0.2) is 48.9 Å². The molecule has 144 valence electrons. The first kappa shape index (κ1) is 18.2. The highest BCUT2D eigenvalue weighted by molar-refractivity contribution is 5.90. The Kier molecular flexibility index (Phi) is 4.86. The molecule has 0 saturated carbocycles. The summed E-state index contributed by atoms with van der Waals surface area (Å²) in [6.07, 6.45) is 5.53. The molecule has 1 aliphatic heterocycles. The summed E-state index contributed by atoms with van der Waals surface area (Å²) in [5.41, 5.74) is 5.41. The summed E-state index contributed by atoms with van der Waals surface area (Å²) in [5, 5.41) is 3.04. The van der Waals surface area contributed by atoms with Gasteiger partial charge in [-0.2, -0.15) is 0 Å². The average Bonchev–Trinajstić information content (AvgIpc) is 2.98. The molecule has 1 aliphatic rings. The molecular formula is C22H25N5O. The lowest BCUT2D eigenvalue weighted by Gasteiger charge is -2.39. The SMILES string of the molecule is Cc1ccc(C)c(NC(=O)N2CC(c3ncc(C)n3Cc3ccncc3)C2)c1. The third kappa shape index (κ3) is 3.63. The van der Waals surface area contributed by atoms with Crippen molar-refractivity contribution < 1.29 is 4.79 Å². The molecule has 2 aromatic heterocycles. The van der Waals surface area contributed by atoms with E-state index in [0.717, 1.165) is 34.9 Å². The Morgan fingerprint density at radius 3 is 2.64 bits per heavy atom. The summed E-state index contributed by atoms with van der Waals surface area (Å²) in [7, 11) is 0. The fraction of sp³-hybridized carbons (Fsp3) is 0.318. The van der Waals surface area contributed by atoms with Gasteiger partial charge in [-0.05, 0) is 55.7 Å². The molecule has 1 saturated heterocycles. The number of urea groups is 1. The number of carbonyl (C=O) groups is 1. The first-order valence-electron chi connectivity index (χ1n) is 9.55. The molecule has 0 atom stereocenters. The number of imidazole rings is 1. The second-order valence-electron chi connectivity index (χ2n) is 7.55. The predicted octanol–water partition coefficient (Wildman–Crippen LogP) is 3.88. The number of aromatic nitrogens is 3. The lowest BCUT2D eigenvalue weighted by atomic mass is 9.99. The van der Waals surface area contributed by atoms with Crippen molar-refractivity contribution in [1.82, 2.24) is 19.4 Å². The van der Waals surface area contributed by atoms with Crippen molar-refractivity contribution in [2.75, 3.05) is 18.4 Å². The van der Waals surface area contributed by atoms with Gasteiger partial charge in [0, 0.05) is 49.6 Å². The van der Waals surface area contributed by atoms with E-state index in [2.05, 4.69) is 32.8 Å². The van der Waals surface area contributed by atoms with E-state index < -0.39 is 0 Å². The Labute approximate surface area is 165 Å². The molecule has 4 rings (SSSR count). The smallest absolute Gasteiger partial charge is 0.321 e. The van der Waals surface area contributed by atoms with Gasteiger partial charge in [-0.1, -0.05) is 12.1 Å². The van der Waals surface area contributed by atoms with Gasteiger partial charge in [0.2, 0.25) is 0 Å². The molecule has 0 spiro atoms. The number of hydrogen-bond acceptors (Lipinski definition) is 3. The Hall–Kier alpha value is -3.15. The number of nitrogens with zero attached hydrogens (tertiary/aromatic N) is 4. The number of rotatable bonds is 4. The normalized spacial score (nSPS) is 14.0. The van der Waals surface area contributed by atoms with Crippen molar-refractivity contribution in [2.24, 2.45) is 0 Å². The van der Waals surface area contributed by atoms with E-state index in [9.17, 15) is 4.79 Å². The summed E-state index contributed by atoms with van der Waals surface area (Å²) < 4.78 is 2.24. The lowest BCUT2D eigenvalue weighted by molar-refractivity contribution is 0.159. The molecule has 0 bridgehead atoms. The second-order valence-corrected chi connectivity index (χ2v) is 7.55. The molecule has 6 nitrogen and oxygen atoms in total. The fourth-order valence-corrected chi connectivity index (χ4v) is 3.55. The van der Waals surface area contributed by atoms with Crippen LogP contribution in [-0.2, 0) is 6.54 Å². The summed E-state index contributed by atoms with van der Waals surface area (Å²) >= 11 is 0. The number of pyridine rings is 1. The number of nitrogens with one attached hydrogen (secondary N) is 1. The van der Waals surface area contributed by atoms with Gasteiger partial charge in [0.1, 0.15) is 5.82 Å². The number of aryl methyl sites for hydroxylation is 3. The summed E-state index contributed by atoms with van der Waals surface area (Å²) in [6.45, 7) is 8.25. The third-order valence-corrected chi connectivity index (χ3v) is 5.34. The number of hydrogen-bond donors (Lipinski definition) is 1. The van der Waals surface area contributed by atoms with Crippen LogP contribution in [-0.4, -0.2) is 38.6 Å². The van der Waals surface area contributed by atoms with Crippen molar-refractivity contribution in [3.63, 3.8) is 0 Å². The number of amides is 2. The van der Waals surface area contributed by atoms with Gasteiger partial charge in [-0.15, -0.1) is 0 Å². The van der Waals surface area contributed by atoms with Crippen LogP contribution >= 0.6 is 0 Å². The molecule has 1 fully saturated rings. The molecule has 3 aromatic rings. The number of likely N-dealkylation sites (tertiary alicyclic amines) is 1. The molecular weight excluding hydrogens is 350 g/mol. The highest BCUT2D eigenvalue weighted by Crippen LogP contribution is 2.28. The monoisotopic (exact) mass is 375 g/mol. The highest BCUT2D eigenvalue weighted by atomic mass is 16.2. The zero-order valence-electron chi connectivity index (χ0n) is 16.5. The van der Waals surface area contributed by atoms with E-state index in [1.807, 2.05) is 61.6 Å². The Morgan fingerprint density at radius 1 is 1.14 bits per heavy atom. The van der Waals surface area contributed by atoms with Crippen molar-refractivity contribution >= 4 is 11.7 Å². The largest absolute Gasteiger partial charge is 0.328 e. The number of carbonyl (C=O) groups excluding carboxylic acids is 1. The molecule has 0 unspecified atom stereocenters. The molecule has 2 amide bonds. The van der Waals surface area contributed by atoms with E-state index in [4.69, 9.17) is 0 Å². The average molecular weight is 375 g/mol. The molecule has 1 aromatic carbocycles. The Bertz CT molecular complexity index is 989. The summed E-state index contributed by atoms with van der Waals surface area (Å²) in [6, 6.07) is 10.1. The minimum atomic E-state index is -0.0473. The molecule has 28 heavy (non-hydrogen) atoms. The first-order valence-corrected chi connectivity index (χ1v) is 9.55. The third-order valence-electron chi connectivity index (χ3n) is 5.34. The Morgan fingerprint density at radius 2 is 1.89 bits per heavy atom. The second kappa shape index (κ2) is 7.46. The van der Waals surface area contributed by atoms with E-state index >= 15 is 0 Å². The summed E-state index contributed by atoms with van der Waals surface area (Å²) in [5.74, 6) is 1.31. The van der Waals surface area contributed by atoms with Gasteiger partial charge in [0.25, 0.3) is 0 Å². The molecule has 0 radical (unpaired) electrons. The fourth-order valence-electron chi connectivity index (χ4n) is 3.55. The predicted molar refractivity (Wildman–Crippen MR) is 110 cm³/mol. The van der Waals surface area contributed by atoms with Crippen LogP contribution in [0.5, 0.6) is 0 Å². The van der Waals surface area contributed by atoms with Gasteiger partial charge in [0.05, 0.1) is 5.92 Å². The minimum absolute atomic E-state index is 0.0473. The minimum Gasteiger partial charge on any atom is -0.328 e. The van der Waals surface area contributed by atoms with Gasteiger partial charge < -0.3 is 14.8 Å². The van der Waals surface area contributed by atoms with Crippen molar-refractivity contribution in [1.29, 1.82) is 0 Å². The summed E-state index contributed by atoms with van der Waals surface area (Å²) in [4.78, 5) is 23.1. The van der Waals surface area contributed by atoms with E-state index in [1.165, 1.54) is 5.56 Å². The van der Waals surface area contributed by atoms with Crippen molar-refractivity contribution in [3.05, 3.63) is 77.1 Å². The maximum atomic E-state index is 12.6. The van der Waals surface area contributed by atoms with Crippen LogP contribution in [0, 0.1) is 20.8 Å². The molecule has 3 heterocycles. The van der Waals surface area contributed by atoms with E-state index in [1.54, 1.807) is 0 Å². The molecule has 0 aliphatic carbocycles. The number of anilines is 1. The van der Waals surface area contributed by atoms with Crippen LogP contribution in [0.25, 0.3) is 0 Å².